The van der Waals surface area contributed by atoms with Crippen molar-refractivity contribution in [1.29, 1.82) is 0 Å². The highest BCUT2D eigenvalue weighted by Crippen LogP contribution is 2.41. The van der Waals surface area contributed by atoms with Crippen LogP contribution in [-0.4, -0.2) is 39.9 Å². The zero-order chi connectivity index (χ0) is 46.8. The lowest BCUT2D eigenvalue weighted by Crippen LogP contribution is -2.24. The van der Waals surface area contributed by atoms with E-state index in [1.165, 1.54) is 17.7 Å². The molecule has 10 heteroatoms. The number of rotatable bonds is 7. The first-order valence-corrected chi connectivity index (χ1v) is 23.8. The third-order valence-corrected chi connectivity index (χ3v) is 11.9. The Morgan fingerprint density at radius 2 is 0.714 bits per heavy atom. The minimum atomic E-state index is -2.78. The number of nitrogens with zero attached hydrogens (tertiary/aromatic N) is 8. The number of aromatic nitrogens is 8. The van der Waals surface area contributed by atoms with Crippen molar-refractivity contribution in [3.63, 3.8) is 0 Å². The highest BCUT2D eigenvalue weighted by molar-refractivity contribution is 7.85. The summed E-state index contributed by atoms with van der Waals surface area (Å²) < 4.78 is 13.8. The molecule has 334 valence electrons. The third-order valence-electron chi connectivity index (χ3n) is 8.82. The lowest BCUT2D eigenvalue weighted by molar-refractivity contribution is 0.592. The van der Waals surface area contributed by atoms with Crippen LogP contribution in [0, 0.1) is 55.4 Å². The molecule has 0 unspecified atom stereocenters. The predicted molar refractivity (Wildman–Crippen MR) is 265 cm³/mol. The van der Waals surface area contributed by atoms with E-state index < -0.39 is 7.14 Å². The Balaban J connectivity index is 0.000000277. The molecule has 0 aliphatic rings. The van der Waals surface area contributed by atoms with Gasteiger partial charge in [0.15, 0.2) is 7.14 Å². The van der Waals surface area contributed by atoms with Crippen LogP contribution in [0.1, 0.15) is 117 Å². The molecule has 63 heavy (non-hydrogen) atoms. The monoisotopic (exact) mass is 867 g/mol. The van der Waals surface area contributed by atoms with Crippen LogP contribution in [0.15, 0.2) is 115 Å². The summed E-state index contributed by atoms with van der Waals surface area (Å²) in [6, 6.07) is 37.4. The minimum Gasteiger partial charge on any atom is -0.309 e. The van der Waals surface area contributed by atoms with Gasteiger partial charge in [0.25, 0.3) is 0 Å². The molecule has 0 aliphatic heterocycles. The summed E-state index contributed by atoms with van der Waals surface area (Å²) in [6.07, 6.45) is 5.07. The first kappa shape index (κ1) is 53.3. The van der Waals surface area contributed by atoms with Gasteiger partial charge in [0, 0.05) is 62.9 Å². The molecule has 0 saturated carbocycles. The van der Waals surface area contributed by atoms with Gasteiger partial charge in [-0.1, -0.05) is 139 Å². The van der Waals surface area contributed by atoms with E-state index in [-0.39, 0.29) is 0 Å². The van der Waals surface area contributed by atoms with Gasteiger partial charge in [-0.25, -0.2) is 34.9 Å². The molecule has 0 amide bonds. The molecular weight excluding hydrogens is 796 g/mol. The van der Waals surface area contributed by atoms with Crippen LogP contribution >= 0.6 is 7.14 Å². The maximum absolute atomic E-state index is 13.8. The van der Waals surface area contributed by atoms with Crippen LogP contribution in [0.2, 0.25) is 0 Å². The predicted octanol–water partition coefficient (Wildman–Crippen LogP) is 11.4. The summed E-state index contributed by atoms with van der Waals surface area (Å²) in [7, 11) is -2.78. The lowest BCUT2D eigenvalue weighted by atomic mass is 10.2. The van der Waals surface area contributed by atoms with Gasteiger partial charge in [-0.15, -0.1) is 0 Å². The molecule has 0 aliphatic carbocycles. The third kappa shape index (κ3) is 19.4. The van der Waals surface area contributed by atoms with E-state index in [4.69, 9.17) is 0 Å². The minimum absolute atomic E-state index is 0.810. The Bertz CT molecular complexity index is 2020. The zero-order valence-corrected chi connectivity index (χ0v) is 41.3. The molecule has 9 nitrogen and oxygen atoms in total. The Morgan fingerprint density at radius 1 is 0.365 bits per heavy atom. The average molecular weight is 867 g/mol. The van der Waals surface area contributed by atoms with Crippen molar-refractivity contribution in [2.45, 2.75) is 129 Å². The standard InChI is InChI=1S/C18H15OP.C9H13N.2C8H12N2.C7H11N3.C3H8/c19-20(16-10-4-1-5-11-16,17-12-6-2-7-13-17)18-14-8-3-9-15-18;1-4-9-6-7(2)5-8(3)10-9;1-4-8-5-6(2)9-7(3)10-8;1-4-8-9-6(2)5-7(3)10-8;1-4-7-9-5(2)8-6(3)10-7;1-3-2/h1-15H;5-6H,4H2,1-3H3;2*5H,4H2,1-3H3;4H2,1-3H3;3H2,1-2H3. The molecule has 0 atom stereocenters. The Labute approximate surface area is 379 Å². The van der Waals surface area contributed by atoms with Gasteiger partial charge in [0.1, 0.15) is 29.1 Å². The second-order valence-corrected chi connectivity index (χ2v) is 17.7. The quantitative estimate of drug-likeness (QED) is 0.144. The lowest BCUT2D eigenvalue weighted by Gasteiger charge is -2.19. The van der Waals surface area contributed by atoms with Crippen molar-refractivity contribution in [3.05, 3.63) is 184 Å². The molecule has 0 radical (unpaired) electrons. The van der Waals surface area contributed by atoms with Crippen molar-refractivity contribution < 1.29 is 4.57 Å². The summed E-state index contributed by atoms with van der Waals surface area (Å²) in [5, 5.41) is 2.62. The molecule has 3 aromatic carbocycles. The molecular formula is C53H71N8OP. The average Bonchev–Trinajstić information content (AvgIpc) is 3.27. The Hall–Kier alpha value is -5.79. The summed E-state index contributed by atoms with van der Waals surface area (Å²) in [5.41, 5.74) is 7.93. The van der Waals surface area contributed by atoms with Crippen LogP contribution in [0.4, 0.5) is 0 Å². The fourth-order valence-corrected chi connectivity index (χ4v) is 8.91. The van der Waals surface area contributed by atoms with Gasteiger partial charge in [-0.05, 0) is 98.1 Å². The molecule has 0 saturated heterocycles. The molecule has 4 heterocycles. The molecule has 0 N–H and O–H groups in total. The van der Waals surface area contributed by atoms with E-state index in [0.29, 0.717) is 0 Å². The molecule has 7 rings (SSSR count). The van der Waals surface area contributed by atoms with E-state index in [9.17, 15) is 4.57 Å². The molecule has 0 spiro atoms. The van der Waals surface area contributed by atoms with Crippen LogP contribution in [-0.2, 0) is 30.2 Å². The highest BCUT2D eigenvalue weighted by atomic mass is 31.2. The van der Waals surface area contributed by atoms with E-state index in [1.807, 2.05) is 159 Å². The van der Waals surface area contributed by atoms with Gasteiger partial charge >= 0.3 is 0 Å². The molecule has 4 aromatic heterocycles. The topological polar surface area (TPSA) is 120 Å². The van der Waals surface area contributed by atoms with Gasteiger partial charge in [-0.2, -0.15) is 0 Å². The molecule has 0 fully saturated rings. The number of benzene rings is 3. The van der Waals surface area contributed by atoms with Crippen LogP contribution in [0.3, 0.4) is 0 Å². The van der Waals surface area contributed by atoms with Crippen molar-refractivity contribution in [2.75, 3.05) is 0 Å². The van der Waals surface area contributed by atoms with Gasteiger partial charge < -0.3 is 4.57 Å². The molecule has 7 aromatic rings. The van der Waals surface area contributed by atoms with E-state index in [0.717, 1.165) is 99.2 Å². The smallest absolute Gasteiger partial charge is 0.171 e. The zero-order valence-electron chi connectivity index (χ0n) is 40.4. The molecule has 0 bridgehead atoms. The second kappa shape index (κ2) is 28.7. The maximum atomic E-state index is 13.8. The van der Waals surface area contributed by atoms with Gasteiger partial charge in [0.2, 0.25) is 0 Å². The van der Waals surface area contributed by atoms with Crippen LogP contribution in [0.5, 0.6) is 0 Å². The summed E-state index contributed by atoms with van der Waals surface area (Å²) in [4.78, 5) is 33.6. The summed E-state index contributed by atoms with van der Waals surface area (Å²) >= 11 is 0. The fourth-order valence-electron chi connectivity index (χ4n) is 6.24. The first-order valence-electron chi connectivity index (χ1n) is 22.1. The number of pyridine rings is 1. The Kier molecular flexibility index (Phi) is 24.3. The first-order chi connectivity index (χ1) is 30.1. The van der Waals surface area contributed by atoms with Crippen molar-refractivity contribution in [2.24, 2.45) is 0 Å². The summed E-state index contributed by atoms with van der Waals surface area (Å²) in [5.74, 6) is 4.31. The fraction of sp³-hybridized carbons (Fsp3) is 0.358. The van der Waals surface area contributed by atoms with Crippen molar-refractivity contribution in [1.82, 2.24) is 39.9 Å². The van der Waals surface area contributed by atoms with Crippen LogP contribution < -0.4 is 15.9 Å². The van der Waals surface area contributed by atoms with E-state index >= 15 is 0 Å². The normalized spacial score (nSPS) is 10.1. The number of aryl methyl sites for hydroxylation is 12. The van der Waals surface area contributed by atoms with Gasteiger partial charge in [0.05, 0.1) is 0 Å². The van der Waals surface area contributed by atoms with Crippen molar-refractivity contribution >= 4 is 23.1 Å². The number of hydrogen-bond acceptors (Lipinski definition) is 9. The van der Waals surface area contributed by atoms with E-state index in [2.05, 4.69) is 93.5 Å². The largest absolute Gasteiger partial charge is 0.309 e. The van der Waals surface area contributed by atoms with Gasteiger partial charge in [-0.3, -0.25) is 4.98 Å². The second-order valence-electron chi connectivity index (χ2n) is 15.0. The van der Waals surface area contributed by atoms with Crippen LogP contribution in [0.25, 0.3) is 0 Å². The Morgan fingerprint density at radius 3 is 1.08 bits per heavy atom. The van der Waals surface area contributed by atoms with E-state index in [1.54, 1.807) is 0 Å². The maximum Gasteiger partial charge on any atom is 0.171 e. The SMILES string of the molecule is CCC.CCc1cc(C)cc(C)n1.CCc1cc(C)nc(C)n1.CCc1nc(C)cc(C)n1.CCc1nc(C)nc(C)n1.O=P(c1ccccc1)(c1ccccc1)c1ccccc1. The number of hydrogen-bond donors (Lipinski definition) is 0. The summed E-state index contributed by atoms with van der Waals surface area (Å²) in [6.45, 7) is 28.4. The highest BCUT2D eigenvalue weighted by Gasteiger charge is 2.28. The van der Waals surface area contributed by atoms with Crippen molar-refractivity contribution in [3.8, 4) is 0 Å².